The van der Waals surface area contributed by atoms with Crippen LogP contribution in [0.25, 0.3) is 0 Å². The summed E-state index contributed by atoms with van der Waals surface area (Å²) >= 11 is 0. The van der Waals surface area contributed by atoms with Gasteiger partial charge in [0.1, 0.15) is 0 Å². The number of nitrogen functional groups attached to an aromatic ring is 2. The van der Waals surface area contributed by atoms with Crippen LogP contribution in [0.4, 0.5) is 17.1 Å². The fourth-order valence-corrected chi connectivity index (χ4v) is 3.47. The SMILES string of the molecule is Nc1ccc(N2CCC3CCCCC32)cc1N. The second kappa shape index (κ2) is 4.13. The van der Waals surface area contributed by atoms with Gasteiger partial charge >= 0.3 is 0 Å². The zero-order valence-corrected chi connectivity index (χ0v) is 10.2. The Labute approximate surface area is 103 Å². The lowest BCUT2D eigenvalue weighted by molar-refractivity contribution is 0.342. The monoisotopic (exact) mass is 231 g/mol. The van der Waals surface area contributed by atoms with E-state index < -0.39 is 0 Å². The lowest BCUT2D eigenvalue weighted by Crippen LogP contribution is -2.34. The molecule has 2 fully saturated rings. The molecule has 1 saturated carbocycles. The van der Waals surface area contributed by atoms with Gasteiger partial charge in [0, 0.05) is 18.3 Å². The lowest BCUT2D eigenvalue weighted by atomic mass is 9.85. The van der Waals surface area contributed by atoms with Crippen LogP contribution in [-0.2, 0) is 0 Å². The third-order valence-corrected chi connectivity index (χ3v) is 4.41. The molecule has 2 atom stereocenters. The quantitative estimate of drug-likeness (QED) is 0.730. The number of hydrogen-bond donors (Lipinski definition) is 2. The zero-order valence-electron chi connectivity index (χ0n) is 10.2. The van der Waals surface area contributed by atoms with Gasteiger partial charge in [-0.3, -0.25) is 0 Å². The minimum absolute atomic E-state index is 0.688. The summed E-state index contributed by atoms with van der Waals surface area (Å²) in [7, 11) is 0. The Morgan fingerprint density at radius 1 is 1.00 bits per heavy atom. The van der Waals surface area contributed by atoms with Crippen molar-refractivity contribution in [1.29, 1.82) is 0 Å². The van der Waals surface area contributed by atoms with Crippen LogP contribution in [0.1, 0.15) is 32.1 Å². The van der Waals surface area contributed by atoms with Crippen molar-refractivity contribution in [3.63, 3.8) is 0 Å². The minimum atomic E-state index is 0.688. The topological polar surface area (TPSA) is 55.3 Å². The number of nitrogens with two attached hydrogens (primary N) is 2. The number of fused-ring (bicyclic) bond motifs is 1. The van der Waals surface area contributed by atoms with Crippen molar-refractivity contribution in [3.05, 3.63) is 18.2 Å². The first-order valence-corrected chi connectivity index (χ1v) is 6.67. The molecule has 3 rings (SSSR count). The summed E-state index contributed by atoms with van der Waals surface area (Å²) in [6.07, 6.45) is 6.89. The van der Waals surface area contributed by atoms with Crippen molar-refractivity contribution in [2.24, 2.45) is 5.92 Å². The molecule has 0 bridgehead atoms. The van der Waals surface area contributed by atoms with E-state index >= 15 is 0 Å². The first kappa shape index (κ1) is 10.8. The highest BCUT2D eigenvalue weighted by Gasteiger charge is 2.35. The molecule has 1 saturated heterocycles. The molecule has 3 heteroatoms. The van der Waals surface area contributed by atoms with Gasteiger partial charge in [0.2, 0.25) is 0 Å². The van der Waals surface area contributed by atoms with E-state index in [0.29, 0.717) is 11.4 Å². The number of anilines is 3. The van der Waals surface area contributed by atoms with Crippen molar-refractivity contribution in [2.75, 3.05) is 22.9 Å². The predicted molar refractivity (Wildman–Crippen MR) is 73.0 cm³/mol. The summed E-state index contributed by atoms with van der Waals surface area (Å²) in [5, 5.41) is 0. The third-order valence-electron chi connectivity index (χ3n) is 4.41. The van der Waals surface area contributed by atoms with E-state index in [1.807, 2.05) is 12.1 Å². The Bertz CT molecular complexity index is 416. The van der Waals surface area contributed by atoms with Gasteiger partial charge in [-0.25, -0.2) is 0 Å². The van der Waals surface area contributed by atoms with E-state index in [0.717, 1.165) is 12.0 Å². The van der Waals surface area contributed by atoms with Crippen LogP contribution in [-0.4, -0.2) is 12.6 Å². The van der Waals surface area contributed by atoms with Crippen LogP contribution in [0.15, 0.2) is 18.2 Å². The summed E-state index contributed by atoms with van der Waals surface area (Å²) < 4.78 is 0. The van der Waals surface area contributed by atoms with E-state index in [9.17, 15) is 0 Å². The van der Waals surface area contributed by atoms with Gasteiger partial charge in [-0.15, -0.1) is 0 Å². The molecular weight excluding hydrogens is 210 g/mol. The summed E-state index contributed by atoms with van der Waals surface area (Å²) in [5.41, 5.74) is 14.3. The number of rotatable bonds is 1. The summed E-state index contributed by atoms with van der Waals surface area (Å²) in [4.78, 5) is 2.54. The Hall–Kier alpha value is -1.38. The Balaban J connectivity index is 1.86. The van der Waals surface area contributed by atoms with Crippen LogP contribution in [0.2, 0.25) is 0 Å². The van der Waals surface area contributed by atoms with Crippen molar-refractivity contribution >= 4 is 17.1 Å². The van der Waals surface area contributed by atoms with E-state index in [1.165, 1.54) is 44.3 Å². The third kappa shape index (κ3) is 1.84. The van der Waals surface area contributed by atoms with E-state index in [-0.39, 0.29) is 0 Å². The number of nitrogens with zero attached hydrogens (tertiary/aromatic N) is 1. The molecule has 17 heavy (non-hydrogen) atoms. The van der Waals surface area contributed by atoms with Crippen LogP contribution >= 0.6 is 0 Å². The molecule has 2 aliphatic rings. The fourth-order valence-electron chi connectivity index (χ4n) is 3.47. The van der Waals surface area contributed by atoms with Crippen LogP contribution in [0, 0.1) is 5.92 Å². The van der Waals surface area contributed by atoms with Crippen LogP contribution < -0.4 is 16.4 Å². The maximum Gasteiger partial charge on any atom is 0.0568 e. The maximum atomic E-state index is 5.90. The lowest BCUT2D eigenvalue weighted by Gasteiger charge is -2.33. The number of hydrogen-bond acceptors (Lipinski definition) is 3. The molecule has 0 spiro atoms. The standard InChI is InChI=1S/C14H21N3/c15-12-6-5-11(9-13(12)16)17-8-7-10-3-1-2-4-14(10)17/h5-6,9-10,14H,1-4,7-8,15-16H2. The second-order valence-corrected chi connectivity index (χ2v) is 5.41. The van der Waals surface area contributed by atoms with Crippen molar-refractivity contribution in [1.82, 2.24) is 0 Å². The highest BCUT2D eigenvalue weighted by Crippen LogP contribution is 2.39. The fraction of sp³-hybridized carbons (Fsp3) is 0.571. The second-order valence-electron chi connectivity index (χ2n) is 5.41. The van der Waals surface area contributed by atoms with Gasteiger partial charge in [-0.2, -0.15) is 0 Å². The molecule has 2 unspecified atom stereocenters. The van der Waals surface area contributed by atoms with E-state index in [4.69, 9.17) is 11.5 Å². The van der Waals surface area contributed by atoms with Crippen LogP contribution in [0.5, 0.6) is 0 Å². The van der Waals surface area contributed by atoms with Gasteiger partial charge < -0.3 is 16.4 Å². The summed E-state index contributed by atoms with van der Waals surface area (Å²) in [6, 6.07) is 6.82. The molecule has 1 aliphatic carbocycles. The molecule has 1 aliphatic heterocycles. The maximum absolute atomic E-state index is 5.90. The van der Waals surface area contributed by atoms with Gasteiger partial charge in [0.05, 0.1) is 11.4 Å². The molecule has 3 nitrogen and oxygen atoms in total. The molecule has 0 radical (unpaired) electrons. The van der Waals surface area contributed by atoms with Gasteiger partial charge in [-0.05, 0) is 43.4 Å². The number of benzene rings is 1. The van der Waals surface area contributed by atoms with Crippen LogP contribution in [0.3, 0.4) is 0 Å². The largest absolute Gasteiger partial charge is 0.397 e. The Morgan fingerprint density at radius 3 is 2.65 bits per heavy atom. The van der Waals surface area contributed by atoms with E-state index in [2.05, 4.69) is 11.0 Å². The smallest absolute Gasteiger partial charge is 0.0568 e. The zero-order chi connectivity index (χ0) is 11.8. The molecule has 1 aromatic rings. The highest BCUT2D eigenvalue weighted by atomic mass is 15.2. The predicted octanol–water partition coefficient (Wildman–Crippen LogP) is 2.62. The minimum Gasteiger partial charge on any atom is -0.397 e. The normalized spacial score (nSPS) is 28.1. The molecule has 92 valence electrons. The highest BCUT2D eigenvalue weighted by molar-refractivity contribution is 5.70. The van der Waals surface area contributed by atoms with E-state index in [1.54, 1.807) is 0 Å². The van der Waals surface area contributed by atoms with Gasteiger partial charge in [-0.1, -0.05) is 12.8 Å². The Kier molecular flexibility index (Phi) is 2.61. The summed E-state index contributed by atoms with van der Waals surface area (Å²) in [5.74, 6) is 0.905. The first-order valence-electron chi connectivity index (χ1n) is 6.67. The Morgan fingerprint density at radius 2 is 1.82 bits per heavy atom. The van der Waals surface area contributed by atoms with Crippen molar-refractivity contribution < 1.29 is 0 Å². The molecular formula is C14H21N3. The van der Waals surface area contributed by atoms with Gasteiger partial charge in [0.25, 0.3) is 0 Å². The average Bonchev–Trinajstić information content (AvgIpc) is 2.76. The van der Waals surface area contributed by atoms with Crippen molar-refractivity contribution in [3.8, 4) is 0 Å². The summed E-state index contributed by atoms with van der Waals surface area (Å²) in [6.45, 7) is 1.18. The molecule has 1 aromatic carbocycles. The molecule has 4 N–H and O–H groups in total. The average molecular weight is 231 g/mol. The van der Waals surface area contributed by atoms with Crippen molar-refractivity contribution in [2.45, 2.75) is 38.1 Å². The first-order chi connectivity index (χ1) is 8.25. The molecule has 0 amide bonds. The molecule has 1 heterocycles. The molecule has 0 aromatic heterocycles. The van der Waals surface area contributed by atoms with Gasteiger partial charge in [0.15, 0.2) is 0 Å².